The van der Waals surface area contributed by atoms with Crippen molar-refractivity contribution in [1.29, 1.82) is 0 Å². The molecule has 2 aromatic carbocycles. The summed E-state index contributed by atoms with van der Waals surface area (Å²) in [6.07, 6.45) is 7.65. The van der Waals surface area contributed by atoms with Crippen molar-refractivity contribution in [2.24, 2.45) is 0 Å². The molecule has 1 amide bonds. The van der Waals surface area contributed by atoms with Crippen molar-refractivity contribution in [2.75, 3.05) is 7.11 Å². The van der Waals surface area contributed by atoms with Gasteiger partial charge in [0.05, 0.1) is 35.6 Å². The normalized spacial score (nSPS) is 13.7. The molecule has 32 heavy (non-hydrogen) atoms. The number of H-pyrrole nitrogens is 1. The number of rotatable bonds is 7. The van der Waals surface area contributed by atoms with Gasteiger partial charge in [0.25, 0.3) is 5.91 Å². The average molecular weight is 443 g/mol. The fourth-order valence-electron chi connectivity index (χ4n) is 3.53. The summed E-state index contributed by atoms with van der Waals surface area (Å²) in [7, 11) is 1.55. The molecular formula is C25H22N4O2S. The lowest BCUT2D eigenvalue weighted by Crippen LogP contribution is -2.32. The van der Waals surface area contributed by atoms with Crippen LogP contribution in [-0.4, -0.2) is 39.3 Å². The van der Waals surface area contributed by atoms with E-state index in [9.17, 15) is 4.79 Å². The molecule has 4 aromatic rings. The van der Waals surface area contributed by atoms with Gasteiger partial charge in [0.1, 0.15) is 0 Å². The smallest absolute Gasteiger partial charge is 0.277 e. The first kappa shape index (κ1) is 20.5. The predicted octanol–water partition coefficient (Wildman–Crippen LogP) is 5.45. The molecule has 0 radical (unpaired) electrons. The molecule has 1 fully saturated rings. The summed E-state index contributed by atoms with van der Waals surface area (Å²) in [5.41, 5.74) is 3.33. The lowest BCUT2D eigenvalue weighted by atomic mass is 10.2. The minimum atomic E-state index is -0.0948. The summed E-state index contributed by atoms with van der Waals surface area (Å²) >= 11 is 1.56. The Morgan fingerprint density at radius 1 is 1.12 bits per heavy atom. The third kappa shape index (κ3) is 4.30. The summed E-state index contributed by atoms with van der Waals surface area (Å²) < 4.78 is 0. The molecule has 2 aromatic heterocycles. The predicted molar refractivity (Wildman–Crippen MR) is 126 cm³/mol. The van der Waals surface area contributed by atoms with Crippen LogP contribution in [0.15, 0.2) is 76.7 Å². The summed E-state index contributed by atoms with van der Waals surface area (Å²) in [5, 5.41) is 10.1. The highest BCUT2D eigenvalue weighted by atomic mass is 32.2. The van der Waals surface area contributed by atoms with Crippen LogP contribution >= 0.6 is 11.8 Å². The maximum Gasteiger partial charge on any atom is 0.278 e. The van der Waals surface area contributed by atoms with E-state index in [0.29, 0.717) is 5.56 Å². The fourth-order valence-corrected chi connectivity index (χ4v) is 4.51. The van der Waals surface area contributed by atoms with E-state index in [2.05, 4.69) is 33.4 Å². The highest BCUT2D eigenvalue weighted by molar-refractivity contribution is 7.99. The largest absolute Gasteiger partial charge is 0.278 e. The van der Waals surface area contributed by atoms with Gasteiger partial charge < -0.3 is 0 Å². The molecule has 1 aliphatic carbocycles. The molecule has 0 aliphatic heterocycles. The number of hydrogen-bond acceptors (Lipinski definition) is 5. The van der Waals surface area contributed by atoms with Gasteiger partial charge in [-0.2, -0.15) is 5.10 Å². The second-order valence-corrected chi connectivity index (χ2v) is 8.66. The molecule has 2 heterocycles. The molecular weight excluding hydrogens is 420 g/mol. The van der Waals surface area contributed by atoms with Crippen molar-refractivity contribution in [2.45, 2.75) is 28.7 Å². The van der Waals surface area contributed by atoms with Gasteiger partial charge in [-0.3, -0.25) is 19.7 Å². The number of aromatic amines is 1. The molecule has 0 spiro atoms. The van der Waals surface area contributed by atoms with Gasteiger partial charge in [0.15, 0.2) is 0 Å². The van der Waals surface area contributed by atoms with E-state index in [-0.39, 0.29) is 11.9 Å². The SMILES string of the molecule is CON(C(=O)c1ccccc1Sc1ccc2c(/C=C/c3ccccn3)n[nH]c2c1)C1CC1. The highest BCUT2D eigenvalue weighted by Crippen LogP contribution is 2.35. The standard InChI is InChI=1S/C25H22N4O2S/c1-31-29(18-10-11-18)25(30)21-7-2-3-8-24(21)32-19-12-13-20-22(27-28-23(20)16-19)14-9-17-6-4-5-15-26-17/h2-9,12-16,18H,10-11H2,1H3,(H,27,28)/b14-9+. The van der Waals surface area contributed by atoms with E-state index in [1.165, 1.54) is 5.06 Å². The first-order valence-corrected chi connectivity index (χ1v) is 11.3. The van der Waals surface area contributed by atoms with Crippen LogP contribution in [0.25, 0.3) is 23.1 Å². The van der Waals surface area contributed by atoms with Crippen LogP contribution in [0.4, 0.5) is 0 Å². The zero-order chi connectivity index (χ0) is 21.9. The van der Waals surface area contributed by atoms with Crippen LogP contribution < -0.4 is 0 Å². The maximum atomic E-state index is 13.0. The zero-order valence-electron chi connectivity index (χ0n) is 17.6. The van der Waals surface area contributed by atoms with E-state index in [1.807, 2.05) is 54.6 Å². The van der Waals surface area contributed by atoms with E-state index in [1.54, 1.807) is 25.1 Å². The second kappa shape index (κ2) is 8.98. The topological polar surface area (TPSA) is 71.1 Å². The summed E-state index contributed by atoms with van der Waals surface area (Å²) in [5.74, 6) is -0.0948. The minimum absolute atomic E-state index is 0.0948. The molecule has 160 valence electrons. The number of fused-ring (bicyclic) bond motifs is 1. The Hall–Kier alpha value is -3.42. The summed E-state index contributed by atoms with van der Waals surface area (Å²) in [4.78, 5) is 24.6. The number of benzene rings is 2. The van der Waals surface area contributed by atoms with Gasteiger partial charge in [-0.15, -0.1) is 0 Å². The van der Waals surface area contributed by atoms with Gasteiger partial charge in [0.2, 0.25) is 0 Å². The van der Waals surface area contributed by atoms with E-state index >= 15 is 0 Å². The number of nitrogens with zero attached hydrogens (tertiary/aromatic N) is 3. The minimum Gasteiger partial charge on any atom is -0.277 e. The zero-order valence-corrected chi connectivity index (χ0v) is 18.4. The first-order chi connectivity index (χ1) is 15.7. The van der Waals surface area contributed by atoms with Crippen molar-refractivity contribution in [3.05, 3.63) is 83.8 Å². The Morgan fingerprint density at radius 3 is 2.75 bits per heavy atom. The monoisotopic (exact) mass is 442 g/mol. The number of pyridine rings is 1. The Kier molecular flexibility index (Phi) is 5.75. The van der Waals surface area contributed by atoms with Gasteiger partial charge in [0, 0.05) is 21.4 Å². The molecule has 1 N–H and O–H groups in total. The number of aromatic nitrogens is 3. The van der Waals surface area contributed by atoms with Crippen molar-refractivity contribution in [3.63, 3.8) is 0 Å². The van der Waals surface area contributed by atoms with Gasteiger partial charge in [-0.05, 0) is 67.5 Å². The molecule has 0 atom stereocenters. The summed E-state index contributed by atoms with van der Waals surface area (Å²) in [6, 6.07) is 19.8. The number of hydroxylamine groups is 2. The fraction of sp³-hybridized carbons (Fsp3) is 0.160. The first-order valence-electron chi connectivity index (χ1n) is 10.4. The number of amides is 1. The Bertz CT molecular complexity index is 1280. The Morgan fingerprint density at radius 2 is 1.97 bits per heavy atom. The third-order valence-corrected chi connectivity index (χ3v) is 6.35. The number of carbonyl (C=O) groups is 1. The van der Waals surface area contributed by atoms with Crippen LogP contribution in [-0.2, 0) is 4.84 Å². The second-order valence-electron chi connectivity index (χ2n) is 7.55. The van der Waals surface area contributed by atoms with Crippen LogP contribution in [0.1, 0.15) is 34.6 Å². The van der Waals surface area contributed by atoms with Crippen LogP contribution in [0.2, 0.25) is 0 Å². The van der Waals surface area contributed by atoms with Crippen molar-refractivity contribution < 1.29 is 9.63 Å². The average Bonchev–Trinajstić information content (AvgIpc) is 3.58. The Labute approximate surface area is 190 Å². The summed E-state index contributed by atoms with van der Waals surface area (Å²) in [6.45, 7) is 0. The molecule has 1 saturated carbocycles. The van der Waals surface area contributed by atoms with Gasteiger partial charge in [-0.1, -0.05) is 30.0 Å². The van der Waals surface area contributed by atoms with E-state index in [0.717, 1.165) is 44.9 Å². The molecule has 0 bridgehead atoms. The maximum absolute atomic E-state index is 13.0. The van der Waals surface area contributed by atoms with Crippen LogP contribution in [0.5, 0.6) is 0 Å². The molecule has 1 aliphatic rings. The van der Waals surface area contributed by atoms with Gasteiger partial charge >= 0.3 is 0 Å². The Balaban J connectivity index is 1.39. The molecule has 6 nitrogen and oxygen atoms in total. The number of hydrogen-bond donors (Lipinski definition) is 1. The molecule has 0 unspecified atom stereocenters. The van der Waals surface area contributed by atoms with E-state index < -0.39 is 0 Å². The highest BCUT2D eigenvalue weighted by Gasteiger charge is 2.34. The number of nitrogens with one attached hydrogen (secondary N) is 1. The molecule has 5 rings (SSSR count). The lowest BCUT2D eigenvalue weighted by Gasteiger charge is -2.20. The van der Waals surface area contributed by atoms with E-state index in [4.69, 9.17) is 4.84 Å². The van der Waals surface area contributed by atoms with Crippen molar-refractivity contribution in [1.82, 2.24) is 20.2 Å². The van der Waals surface area contributed by atoms with Crippen LogP contribution in [0.3, 0.4) is 0 Å². The quantitative estimate of drug-likeness (QED) is 0.386. The lowest BCUT2D eigenvalue weighted by molar-refractivity contribution is -0.102. The molecule has 0 saturated heterocycles. The number of carbonyl (C=O) groups excluding carboxylic acids is 1. The van der Waals surface area contributed by atoms with Crippen molar-refractivity contribution >= 4 is 40.7 Å². The van der Waals surface area contributed by atoms with Gasteiger partial charge in [-0.25, -0.2) is 5.06 Å². The molecule has 7 heteroatoms. The van der Waals surface area contributed by atoms with Crippen molar-refractivity contribution in [3.8, 4) is 0 Å². The van der Waals surface area contributed by atoms with Crippen LogP contribution in [0, 0.1) is 0 Å². The third-order valence-electron chi connectivity index (χ3n) is 5.28.